The maximum atomic E-state index is 9.81. The molecule has 260 valence electrons. The Kier molecular flexibility index (Phi) is 6.60. The Morgan fingerprint density at radius 2 is 1.16 bits per heavy atom. The van der Waals surface area contributed by atoms with Gasteiger partial charge in [-0.1, -0.05) is 148 Å². The molecule has 0 atom stereocenters. The third-order valence-corrected chi connectivity index (χ3v) is 12.1. The van der Waals surface area contributed by atoms with Crippen LogP contribution < -0.4 is 0 Å². The minimum atomic E-state index is -0.0687. The molecule has 10 aromatic rings. The molecule has 3 heterocycles. The summed E-state index contributed by atoms with van der Waals surface area (Å²) in [4.78, 5) is 0. The predicted molar refractivity (Wildman–Crippen MR) is 234 cm³/mol. The van der Waals surface area contributed by atoms with Gasteiger partial charge in [0.1, 0.15) is 5.84 Å². The SMILES string of the molecule is C=C/C(=C\C(=N)n1c2ccccc2c2ccc3c(cc4c5ccccc5c5ccccc5n43)c21)c1cccc(-c2ccc3c(c2)C(C)(C)c2ccccc2-3)c1. The normalized spacial score (nSPS) is 13.7. The van der Waals surface area contributed by atoms with Crippen molar-refractivity contribution in [3.63, 3.8) is 0 Å². The Labute approximate surface area is 319 Å². The standard InChI is InChI=1S/C52H37N3/c1-4-32(33-14-13-15-34(28-33)35-24-25-38-37-17-7-10-21-44(37)52(2,3)45(38)29-35)30-50(53)55-47-23-12-9-20-41(47)42-26-27-48-43(51(42)55)31-49-40-19-6-5-16-36(40)39-18-8-11-22-46(39)54(48)49/h4-31,53H,1H2,2-3H3/b32-30+,53-50?. The average Bonchev–Trinajstić information content (AvgIpc) is 3.86. The van der Waals surface area contributed by atoms with Crippen LogP contribution in [0.1, 0.15) is 30.5 Å². The van der Waals surface area contributed by atoms with Gasteiger partial charge in [0.05, 0.1) is 27.6 Å². The smallest absolute Gasteiger partial charge is 0.130 e. The monoisotopic (exact) mass is 703 g/mol. The predicted octanol–water partition coefficient (Wildman–Crippen LogP) is 13.6. The molecule has 7 aromatic carbocycles. The van der Waals surface area contributed by atoms with E-state index < -0.39 is 0 Å². The molecule has 0 radical (unpaired) electrons. The van der Waals surface area contributed by atoms with Crippen molar-refractivity contribution in [1.29, 1.82) is 5.41 Å². The second-order valence-corrected chi connectivity index (χ2v) is 15.4. The Balaban J connectivity index is 1.08. The molecule has 3 heteroatoms. The number of allylic oxidation sites excluding steroid dienone is 3. The molecule has 0 saturated carbocycles. The molecule has 0 bridgehead atoms. The van der Waals surface area contributed by atoms with Crippen molar-refractivity contribution in [2.24, 2.45) is 0 Å². The molecule has 0 saturated heterocycles. The molecule has 0 spiro atoms. The number of para-hydroxylation sites is 2. The van der Waals surface area contributed by atoms with E-state index in [0.717, 1.165) is 54.9 Å². The van der Waals surface area contributed by atoms with Gasteiger partial charge >= 0.3 is 0 Å². The summed E-state index contributed by atoms with van der Waals surface area (Å²) >= 11 is 0. The van der Waals surface area contributed by atoms with E-state index in [9.17, 15) is 5.41 Å². The van der Waals surface area contributed by atoms with Crippen LogP contribution in [-0.4, -0.2) is 14.8 Å². The molecule has 0 aliphatic heterocycles. The molecular weight excluding hydrogens is 667 g/mol. The molecule has 0 unspecified atom stereocenters. The first-order chi connectivity index (χ1) is 26.9. The van der Waals surface area contributed by atoms with Gasteiger partial charge in [-0.3, -0.25) is 9.98 Å². The van der Waals surface area contributed by atoms with Gasteiger partial charge in [0.25, 0.3) is 0 Å². The highest BCUT2D eigenvalue weighted by molar-refractivity contribution is 6.25. The summed E-state index contributed by atoms with van der Waals surface area (Å²) < 4.78 is 4.53. The Bertz CT molecular complexity index is 3330. The first-order valence-electron chi connectivity index (χ1n) is 19.0. The number of nitrogens with one attached hydrogen (secondary N) is 1. The fourth-order valence-electron chi connectivity index (χ4n) is 9.52. The zero-order chi connectivity index (χ0) is 37.0. The van der Waals surface area contributed by atoms with Crippen LogP contribution in [0.4, 0.5) is 0 Å². The quantitative estimate of drug-likeness (QED) is 0.0819. The Hall–Kier alpha value is -6.97. The van der Waals surface area contributed by atoms with Crippen LogP contribution >= 0.6 is 0 Å². The van der Waals surface area contributed by atoms with Crippen LogP contribution in [0.5, 0.6) is 0 Å². The molecular formula is C52H37N3. The van der Waals surface area contributed by atoms with Crippen molar-refractivity contribution in [2.45, 2.75) is 19.3 Å². The maximum absolute atomic E-state index is 9.81. The lowest BCUT2D eigenvalue weighted by molar-refractivity contribution is 0.660. The number of rotatable bonds is 4. The van der Waals surface area contributed by atoms with E-state index in [-0.39, 0.29) is 5.41 Å². The number of benzene rings is 7. The van der Waals surface area contributed by atoms with Crippen LogP contribution in [0.15, 0.2) is 176 Å². The van der Waals surface area contributed by atoms with E-state index in [1.165, 1.54) is 49.5 Å². The molecule has 1 aliphatic carbocycles. The Morgan fingerprint density at radius 1 is 0.527 bits per heavy atom. The lowest BCUT2D eigenvalue weighted by atomic mass is 9.81. The number of pyridine rings is 1. The third-order valence-electron chi connectivity index (χ3n) is 12.1. The first kappa shape index (κ1) is 31.5. The minimum absolute atomic E-state index is 0.0687. The van der Waals surface area contributed by atoms with E-state index >= 15 is 0 Å². The second kappa shape index (κ2) is 11.5. The van der Waals surface area contributed by atoms with Gasteiger partial charge in [0.2, 0.25) is 0 Å². The molecule has 1 aliphatic rings. The molecule has 3 nitrogen and oxygen atoms in total. The lowest BCUT2D eigenvalue weighted by Crippen LogP contribution is -2.14. The van der Waals surface area contributed by atoms with E-state index in [1.807, 2.05) is 12.2 Å². The van der Waals surface area contributed by atoms with Crippen LogP contribution in [0.3, 0.4) is 0 Å². The van der Waals surface area contributed by atoms with E-state index in [4.69, 9.17) is 0 Å². The van der Waals surface area contributed by atoms with Crippen molar-refractivity contribution in [1.82, 2.24) is 8.97 Å². The Morgan fingerprint density at radius 3 is 1.96 bits per heavy atom. The van der Waals surface area contributed by atoms with Crippen LogP contribution in [0.2, 0.25) is 0 Å². The first-order valence-corrected chi connectivity index (χ1v) is 19.0. The third kappa shape index (κ3) is 4.41. The molecule has 11 rings (SSSR count). The number of aromatic nitrogens is 2. The van der Waals surface area contributed by atoms with Crippen LogP contribution in [0.25, 0.3) is 87.7 Å². The molecule has 55 heavy (non-hydrogen) atoms. The van der Waals surface area contributed by atoms with Crippen LogP contribution in [-0.2, 0) is 5.41 Å². The van der Waals surface area contributed by atoms with Crippen molar-refractivity contribution in [3.05, 3.63) is 193 Å². The summed E-state index contributed by atoms with van der Waals surface area (Å²) in [6.07, 6.45) is 3.85. The average molecular weight is 704 g/mol. The van der Waals surface area contributed by atoms with Gasteiger partial charge in [-0.15, -0.1) is 0 Å². The van der Waals surface area contributed by atoms with Crippen molar-refractivity contribution < 1.29 is 0 Å². The number of fused-ring (bicyclic) bond motifs is 15. The largest absolute Gasteiger partial charge is 0.309 e. The summed E-state index contributed by atoms with van der Waals surface area (Å²) in [6.45, 7) is 8.90. The summed E-state index contributed by atoms with van der Waals surface area (Å²) in [5.74, 6) is 0.390. The lowest BCUT2D eigenvalue weighted by Gasteiger charge is -2.22. The minimum Gasteiger partial charge on any atom is -0.309 e. The van der Waals surface area contributed by atoms with Gasteiger partial charge in [-0.25, -0.2) is 0 Å². The number of hydrogen-bond donors (Lipinski definition) is 1. The number of nitrogens with zero attached hydrogens (tertiary/aromatic N) is 2. The highest BCUT2D eigenvalue weighted by atomic mass is 15.0. The van der Waals surface area contributed by atoms with Gasteiger partial charge < -0.3 is 4.40 Å². The zero-order valence-corrected chi connectivity index (χ0v) is 30.8. The summed E-state index contributed by atoms with van der Waals surface area (Å²) in [5, 5.41) is 16.9. The maximum Gasteiger partial charge on any atom is 0.130 e. The number of hydrogen-bond acceptors (Lipinski definition) is 1. The molecule has 0 amide bonds. The second-order valence-electron chi connectivity index (χ2n) is 15.4. The zero-order valence-electron chi connectivity index (χ0n) is 30.8. The van der Waals surface area contributed by atoms with Gasteiger partial charge in [-0.2, -0.15) is 0 Å². The summed E-state index contributed by atoms with van der Waals surface area (Å²) in [6, 6.07) is 57.0. The highest BCUT2D eigenvalue weighted by Crippen LogP contribution is 2.49. The fourth-order valence-corrected chi connectivity index (χ4v) is 9.52. The highest BCUT2D eigenvalue weighted by Gasteiger charge is 2.35. The van der Waals surface area contributed by atoms with Gasteiger partial charge in [0.15, 0.2) is 0 Å². The summed E-state index contributed by atoms with van der Waals surface area (Å²) in [5.41, 5.74) is 15.1. The van der Waals surface area contributed by atoms with Gasteiger partial charge in [0, 0.05) is 32.3 Å². The molecule has 3 aromatic heterocycles. The van der Waals surface area contributed by atoms with Crippen LogP contribution in [0, 0.1) is 5.41 Å². The van der Waals surface area contributed by atoms with Crippen molar-refractivity contribution in [3.8, 4) is 22.3 Å². The molecule has 0 fully saturated rings. The van der Waals surface area contributed by atoms with Gasteiger partial charge in [-0.05, 0) is 92.4 Å². The van der Waals surface area contributed by atoms with E-state index in [1.54, 1.807) is 0 Å². The topological polar surface area (TPSA) is 33.2 Å². The van der Waals surface area contributed by atoms with Crippen molar-refractivity contribution >= 4 is 71.3 Å². The fraction of sp³-hybridized carbons (Fsp3) is 0.0577. The van der Waals surface area contributed by atoms with E-state index in [0.29, 0.717) is 5.84 Å². The van der Waals surface area contributed by atoms with E-state index in [2.05, 4.69) is 187 Å². The molecule has 1 N–H and O–H groups in total. The summed E-state index contributed by atoms with van der Waals surface area (Å²) in [7, 11) is 0. The van der Waals surface area contributed by atoms with Crippen molar-refractivity contribution in [2.75, 3.05) is 0 Å².